The lowest BCUT2D eigenvalue weighted by atomic mass is 10.1. The molecule has 0 saturated heterocycles. The van der Waals surface area contributed by atoms with E-state index >= 15 is 0 Å². The number of carbonyl (C=O) groups excluding carboxylic acids is 1. The van der Waals surface area contributed by atoms with Crippen LogP contribution >= 0.6 is 0 Å². The molecule has 0 aliphatic rings. The van der Waals surface area contributed by atoms with Crippen molar-refractivity contribution in [3.63, 3.8) is 0 Å². The Hall–Kier alpha value is -1.57. The summed E-state index contributed by atoms with van der Waals surface area (Å²) in [4.78, 5) is 10.5. The molecule has 0 radical (unpaired) electrons. The zero-order valence-electron chi connectivity index (χ0n) is 8.23. The summed E-state index contributed by atoms with van der Waals surface area (Å²) in [6, 6.07) is 8.20. The quantitative estimate of drug-likeness (QED) is 0.676. The van der Waals surface area contributed by atoms with E-state index in [1.807, 2.05) is 12.1 Å². The summed E-state index contributed by atoms with van der Waals surface area (Å²) >= 11 is 0. The smallest absolute Gasteiger partial charge is 0.124 e. The number of benzene rings is 1. The highest BCUT2D eigenvalue weighted by Crippen LogP contribution is 2.20. The van der Waals surface area contributed by atoms with Crippen LogP contribution in [0.15, 0.2) is 30.5 Å². The van der Waals surface area contributed by atoms with E-state index in [0.717, 1.165) is 18.4 Å². The van der Waals surface area contributed by atoms with Gasteiger partial charge in [-0.3, -0.25) is 0 Å². The number of carbonyl (C=O) groups is 1. The zero-order chi connectivity index (χ0) is 9.97. The van der Waals surface area contributed by atoms with Gasteiger partial charge in [0.1, 0.15) is 6.29 Å². The van der Waals surface area contributed by atoms with Crippen molar-refractivity contribution in [2.75, 3.05) is 0 Å². The summed E-state index contributed by atoms with van der Waals surface area (Å²) in [6.45, 7) is 3.05. The molecule has 72 valence electrons. The minimum atomic E-state index is 0.507. The van der Waals surface area contributed by atoms with Gasteiger partial charge in [-0.25, -0.2) is 0 Å². The summed E-state index contributed by atoms with van der Waals surface area (Å²) < 4.78 is 2.17. The van der Waals surface area contributed by atoms with Gasteiger partial charge in [0, 0.05) is 30.1 Å². The second kappa shape index (κ2) is 3.66. The predicted octanol–water partition coefficient (Wildman–Crippen LogP) is 2.40. The molecular weight excluding hydrogens is 174 g/mol. The fraction of sp³-hybridized carbons (Fsp3) is 0.250. The summed E-state index contributed by atoms with van der Waals surface area (Å²) in [5.41, 5.74) is 2.34. The molecule has 2 rings (SSSR count). The molecule has 0 N–H and O–H groups in total. The van der Waals surface area contributed by atoms with Crippen molar-refractivity contribution in [3.05, 3.63) is 36.0 Å². The van der Waals surface area contributed by atoms with Crippen LogP contribution in [-0.2, 0) is 17.8 Å². The molecule has 2 nitrogen and oxygen atoms in total. The van der Waals surface area contributed by atoms with E-state index in [1.165, 1.54) is 10.9 Å². The molecule has 0 aliphatic heterocycles. The molecule has 0 spiro atoms. The van der Waals surface area contributed by atoms with Crippen LogP contribution in [0, 0.1) is 0 Å². The first-order valence-corrected chi connectivity index (χ1v) is 4.87. The highest BCUT2D eigenvalue weighted by atomic mass is 16.1. The molecule has 2 heteroatoms. The summed E-state index contributed by atoms with van der Waals surface area (Å²) in [5.74, 6) is 0. The van der Waals surface area contributed by atoms with Gasteiger partial charge in [0.05, 0.1) is 0 Å². The van der Waals surface area contributed by atoms with Crippen molar-refractivity contribution in [2.45, 2.75) is 19.9 Å². The number of aldehydes is 1. The number of hydrogen-bond donors (Lipinski definition) is 0. The zero-order valence-corrected chi connectivity index (χ0v) is 8.23. The molecule has 0 saturated carbocycles. The minimum absolute atomic E-state index is 0.507. The maximum atomic E-state index is 10.5. The van der Waals surface area contributed by atoms with E-state index in [0.29, 0.717) is 6.42 Å². The maximum Gasteiger partial charge on any atom is 0.124 e. The molecule has 0 bridgehead atoms. The molecule has 1 heterocycles. The van der Waals surface area contributed by atoms with Gasteiger partial charge in [0.15, 0.2) is 0 Å². The van der Waals surface area contributed by atoms with Gasteiger partial charge in [0.25, 0.3) is 0 Å². The first-order chi connectivity index (χ1) is 6.86. The maximum absolute atomic E-state index is 10.5. The van der Waals surface area contributed by atoms with Crippen molar-refractivity contribution in [3.8, 4) is 0 Å². The van der Waals surface area contributed by atoms with E-state index < -0.39 is 0 Å². The van der Waals surface area contributed by atoms with Crippen LogP contribution in [0.1, 0.15) is 12.5 Å². The van der Waals surface area contributed by atoms with E-state index in [4.69, 9.17) is 0 Å². The van der Waals surface area contributed by atoms with Crippen LogP contribution in [0.5, 0.6) is 0 Å². The minimum Gasteiger partial charge on any atom is -0.347 e. The van der Waals surface area contributed by atoms with E-state index in [-0.39, 0.29) is 0 Å². The van der Waals surface area contributed by atoms with Gasteiger partial charge < -0.3 is 9.36 Å². The van der Waals surface area contributed by atoms with Crippen molar-refractivity contribution >= 4 is 17.2 Å². The van der Waals surface area contributed by atoms with Crippen molar-refractivity contribution in [1.29, 1.82) is 0 Å². The first-order valence-electron chi connectivity index (χ1n) is 4.87. The second-order valence-electron chi connectivity index (χ2n) is 3.33. The van der Waals surface area contributed by atoms with Crippen LogP contribution in [0.3, 0.4) is 0 Å². The van der Waals surface area contributed by atoms with Crippen molar-refractivity contribution < 1.29 is 4.79 Å². The monoisotopic (exact) mass is 187 g/mol. The van der Waals surface area contributed by atoms with E-state index in [2.05, 4.69) is 29.8 Å². The van der Waals surface area contributed by atoms with Gasteiger partial charge in [0.2, 0.25) is 0 Å². The van der Waals surface area contributed by atoms with E-state index in [1.54, 1.807) is 0 Å². The number of nitrogens with zero attached hydrogens (tertiary/aromatic N) is 1. The third kappa shape index (κ3) is 1.33. The Bertz CT molecular complexity index is 456. The highest BCUT2D eigenvalue weighted by molar-refractivity contribution is 5.85. The Balaban J connectivity index is 2.66. The van der Waals surface area contributed by atoms with Gasteiger partial charge in [-0.2, -0.15) is 0 Å². The van der Waals surface area contributed by atoms with Crippen LogP contribution in [-0.4, -0.2) is 10.9 Å². The van der Waals surface area contributed by atoms with Crippen LogP contribution in [0.4, 0.5) is 0 Å². The van der Waals surface area contributed by atoms with Crippen molar-refractivity contribution in [1.82, 2.24) is 4.57 Å². The van der Waals surface area contributed by atoms with Crippen LogP contribution in [0.25, 0.3) is 10.9 Å². The van der Waals surface area contributed by atoms with E-state index in [9.17, 15) is 4.79 Å². The summed E-state index contributed by atoms with van der Waals surface area (Å²) in [7, 11) is 0. The molecule has 0 unspecified atom stereocenters. The second-order valence-corrected chi connectivity index (χ2v) is 3.33. The normalized spacial score (nSPS) is 10.6. The SMILES string of the molecule is CCn1cc(CC=O)c2ccccc21. The van der Waals surface area contributed by atoms with Crippen LogP contribution < -0.4 is 0 Å². The Labute approximate surface area is 83.2 Å². The fourth-order valence-corrected chi connectivity index (χ4v) is 1.84. The lowest BCUT2D eigenvalue weighted by molar-refractivity contribution is -0.107. The molecule has 0 atom stereocenters. The van der Waals surface area contributed by atoms with Gasteiger partial charge >= 0.3 is 0 Å². The Morgan fingerprint density at radius 3 is 2.86 bits per heavy atom. The highest BCUT2D eigenvalue weighted by Gasteiger charge is 2.05. The number of hydrogen-bond acceptors (Lipinski definition) is 1. The number of aromatic nitrogens is 1. The number of rotatable bonds is 3. The third-order valence-electron chi connectivity index (χ3n) is 2.52. The van der Waals surface area contributed by atoms with Crippen LogP contribution in [0.2, 0.25) is 0 Å². The lowest BCUT2D eigenvalue weighted by Crippen LogP contribution is -1.90. The molecule has 2 aromatic rings. The molecular formula is C12H13NO. The van der Waals surface area contributed by atoms with Gasteiger partial charge in [-0.05, 0) is 18.6 Å². The largest absolute Gasteiger partial charge is 0.347 e. The predicted molar refractivity (Wildman–Crippen MR) is 57.4 cm³/mol. The third-order valence-corrected chi connectivity index (χ3v) is 2.52. The summed E-state index contributed by atoms with van der Waals surface area (Å²) in [5, 5.41) is 1.20. The van der Waals surface area contributed by atoms with Crippen molar-refractivity contribution in [2.24, 2.45) is 0 Å². The standard InChI is InChI=1S/C12H13NO/c1-2-13-9-10(7-8-14)11-5-3-4-6-12(11)13/h3-6,8-9H,2,7H2,1H3. The van der Waals surface area contributed by atoms with Gasteiger partial charge in [-0.15, -0.1) is 0 Å². The molecule has 0 fully saturated rings. The molecule has 1 aromatic carbocycles. The first kappa shape index (κ1) is 9.00. The topological polar surface area (TPSA) is 22.0 Å². The average Bonchev–Trinajstić information content (AvgIpc) is 2.58. The molecule has 1 aromatic heterocycles. The molecule has 14 heavy (non-hydrogen) atoms. The molecule has 0 aliphatic carbocycles. The Morgan fingerprint density at radius 1 is 1.36 bits per heavy atom. The molecule has 0 amide bonds. The Kier molecular flexibility index (Phi) is 2.35. The fourth-order valence-electron chi connectivity index (χ4n) is 1.84. The summed E-state index contributed by atoms with van der Waals surface area (Å²) in [6.07, 6.45) is 3.54. The number of fused-ring (bicyclic) bond motifs is 1. The Morgan fingerprint density at radius 2 is 2.14 bits per heavy atom. The number of aryl methyl sites for hydroxylation is 1. The number of para-hydroxylation sites is 1. The van der Waals surface area contributed by atoms with Gasteiger partial charge in [-0.1, -0.05) is 18.2 Å². The average molecular weight is 187 g/mol. The lowest BCUT2D eigenvalue weighted by Gasteiger charge is -1.98.